The van der Waals surface area contributed by atoms with E-state index in [0.29, 0.717) is 12.3 Å². The minimum atomic E-state index is -0.220. The average molecular weight is 272 g/mol. The van der Waals surface area contributed by atoms with E-state index in [1.54, 1.807) is 0 Å². The van der Waals surface area contributed by atoms with Crippen molar-refractivity contribution < 1.29 is 9.53 Å². The Morgan fingerprint density at radius 1 is 1.35 bits per heavy atom. The highest BCUT2D eigenvalue weighted by atomic mass is 16.5. The van der Waals surface area contributed by atoms with Gasteiger partial charge in [-0.3, -0.25) is 4.79 Å². The van der Waals surface area contributed by atoms with Gasteiger partial charge in [-0.1, -0.05) is 42.8 Å². The molecule has 0 N–H and O–H groups in total. The van der Waals surface area contributed by atoms with Crippen LogP contribution in [0.15, 0.2) is 54.8 Å². The lowest BCUT2D eigenvalue weighted by Gasteiger charge is -2.08. The summed E-state index contributed by atoms with van der Waals surface area (Å²) in [6.45, 7) is 8.18. The van der Waals surface area contributed by atoms with Crippen molar-refractivity contribution in [2.24, 2.45) is 5.92 Å². The topological polar surface area (TPSA) is 26.3 Å². The normalized spacial score (nSPS) is 12.3. The van der Waals surface area contributed by atoms with Crippen LogP contribution in [-0.2, 0) is 16.0 Å². The lowest BCUT2D eigenvalue weighted by molar-refractivity contribution is -0.137. The van der Waals surface area contributed by atoms with Crippen LogP contribution in [-0.4, -0.2) is 5.97 Å². The molecular weight excluding hydrogens is 248 g/mol. The molecule has 1 unspecified atom stereocenters. The molecule has 0 aromatic heterocycles. The molecule has 0 spiro atoms. The van der Waals surface area contributed by atoms with Crippen LogP contribution in [0, 0.1) is 5.92 Å². The van der Waals surface area contributed by atoms with Gasteiger partial charge in [0.2, 0.25) is 0 Å². The molecule has 1 rings (SSSR count). The Bertz CT molecular complexity index is 446. The molecule has 0 heterocycles. The smallest absolute Gasteiger partial charge is 0.315 e. The van der Waals surface area contributed by atoms with Crippen molar-refractivity contribution in [1.82, 2.24) is 0 Å². The lowest BCUT2D eigenvalue weighted by atomic mass is 9.98. The third-order valence-corrected chi connectivity index (χ3v) is 3.01. The maximum absolute atomic E-state index is 11.6. The largest absolute Gasteiger partial charge is 0.435 e. The van der Waals surface area contributed by atoms with Crippen LogP contribution in [0.25, 0.3) is 0 Å². The van der Waals surface area contributed by atoms with E-state index in [9.17, 15) is 4.79 Å². The number of allylic oxidation sites excluding steroid dienone is 2. The zero-order chi connectivity index (χ0) is 14.8. The quantitative estimate of drug-likeness (QED) is 0.390. The second kappa shape index (κ2) is 9.13. The average Bonchev–Trinajstić information content (AvgIpc) is 2.38. The van der Waals surface area contributed by atoms with Crippen molar-refractivity contribution in [3.63, 3.8) is 0 Å². The fourth-order valence-electron chi connectivity index (χ4n) is 2.07. The molecule has 0 amide bonds. The van der Waals surface area contributed by atoms with Crippen LogP contribution in [0.4, 0.5) is 0 Å². The van der Waals surface area contributed by atoms with Crippen LogP contribution in [0.1, 0.15) is 38.7 Å². The molecule has 0 aliphatic rings. The second-order valence-corrected chi connectivity index (χ2v) is 5.37. The Kier molecular flexibility index (Phi) is 7.41. The predicted molar refractivity (Wildman–Crippen MR) is 83.2 cm³/mol. The van der Waals surface area contributed by atoms with Crippen LogP contribution < -0.4 is 0 Å². The maximum atomic E-state index is 11.6. The molecule has 2 nitrogen and oxygen atoms in total. The Morgan fingerprint density at radius 2 is 2.05 bits per heavy atom. The zero-order valence-electron chi connectivity index (χ0n) is 12.5. The van der Waals surface area contributed by atoms with E-state index in [4.69, 9.17) is 4.74 Å². The molecule has 0 bridgehead atoms. The van der Waals surface area contributed by atoms with Crippen LogP contribution in [0.3, 0.4) is 0 Å². The summed E-state index contributed by atoms with van der Waals surface area (Å²) < 4.78 is 5.07. The lowest BCUT2D eigenvalue weighted by Crippen LogP contribution is -2.03. The summed E-state index contributed by atoms with van der Waals surface area (Å²) in [5.74, 6) is 0.402. The van der Waals surface area contributed by atoms with Crippen molar-refractivity contribution in [2.45, 2.75) is 39.5 Å². The van der Waals surface area contributed by atoms with Gasteiger partial charge < -0.3 is 4.74 Å². The summed E-state index contributed by atoms with van der Waals surface area (Å²) >= 11 is 0. The van der Waals surface area contributed by atoms with Gasteiger partial charge in [0, 0.05) is 0 Å². The second-order valence-electron chi connectivity index (χ2n) is 5.37. The molecule has 20 heavy (non-hydrogen) atoms. The SMILES string of the molecule is C=C(C)CC(C)CC/C=C/OC(=O)Cc1ccccc1. The zero-order valence-corrected chi connectivity index (χ0v) is 12.5. The van der Waals surface area contributed by atoms with Gasteiger partial charge >= 0.3 is 5.97 Å². The number of rotatable bonds is 8. The summed E-state index contributed by atoms with van der Waals surface area (Å²) in [5, 5.41) is 0. The van der Waals surface area contributed by atoms with Crippen molar-refractivity contribution in [2.75, 3.05) is 0 Å². The summed E-state index contributed by atoms with van der Waals surface area (Å²) in [6.07, 6.45) is 6.81. The third-order valence-electron chi connectivity index (χ3n) is 3.01. The summed E-state index contributed by atoms with van der Waals surface area (Å²) in [4.78, 5) is 11.6. The van der Waals surface area contributed by atoms with E-state index in [2.05, 4.69) is 20.4 Å². The molecule has 2 heteroatoms. The third kappa shape index (κ3) is 7.57. The van der Waals surface area contributed by atoms with Gasteiger partial charge in [0.15, 0.2) is 0 Å². The fourth-order valence-corrected chi connectivity index (χ4v) is 2.07. The minimum absolute atomic E-state index is 0.220. The van der Waals surface area contributed by atoms with Gasteiger partial charge in [-0.2, -0.15) is 0 Å². The van der Waals surface area contributed by atoms with Gasteiger partial charge in [0.1, 0.15) is 0 Å². The Balaban J connectivity index is 2.18. The van der Waals surface area contributed by atoms with Gasteiger partial charge in [0.05, 0.1) is 12.7 Å². The van der Waals surface area contributed by atoms with Crippen LogP contribution in [0.2, 0.25) is 0 Å². The summed E-state index contributed by atoms with van der Waals surface area (Å²) in [5.41, 5.74) is 2.19. The molecule has 0 saturated carbocycles. The van der Waals surface area contributed by atoms with Crippen LogP contribution in [0.5, 0.6) is 0 Å². The van der Waals surface area contributed by atoms with E-state index in [1.165, 1.54) is 11.8 Å². The van der Waals surface area contributed by atoms with E-state index >= 15 is 0 Å². The molecular formula is C18H24O2. The van der Waals surface area contributed by atoms with Gasteiger partial charge in [0.25, 0.3) is 0 Å². The van der Waals surface area contributed by atoms with Crippen molar-refractivity contribution in [1.29, 1.82) is 0 Å². The van der Waals surface area contributed by atoms with Crippen LogP contribution >= 0.6 is 0 Å². The minimum Gasteiger partial charge on any atom is -0.435 e. The number of ether oxygens (including phenoxy) is 1. The summed E-state index contributed by atoms with van der Waals surface area (Å²) in [7, 11) is 0. The van der Waals surface area contributed by atoms with E-state index in [0.717, 1.165) is 24.8 Å². The molecule has 0 radical (unpaired) electrons. The first-order valence-electron chi connectivity index (χ1n) is 7.10. The molecule has 0 aliphatic heterocycles. The molecule has 0 fully saturated rings. The highest BCUT2D eigenvalue weighted by Crippen LogP contribution is 2.15. The Labute approximate surface area is 122 Å². The molecule has 0 saturated heterocycles. The van der Waals surface area contributed by atoms with E-state index < -0.39 is 0 Å². The van der Waals surface area contributed by atoms with Gasteiger partial charge in [-0.25, -0.2) is 0 Å². The highest BCUT2D eigenvalue weighted by Gasteiger charge is 2.03. The Hall–Kier alpha value is -1.83. The predicted octanol–water partition coefficient (Wildman–Crippen LogP) is 4.67. The van der Waals surface area contributed by atoms with Crippen molar-refractivity contribution in [3.05, 3.63) is 60.4 Å². The molecule has 1 atom stereocenters. The monoisotopic (exact) mass is 272 g/mol. The first-order chi connectivity index (χ1) is 9.58. The molecule has 1 aromatic rings. The van der Waals surface area contributed by atoms with Crippen molar-refractivity contribution in [3.8, 4) is 0 Å². The number of esters is 1. The molecule has 1 aromatic carbocycles. The Morgan fingerprint density at radius 3 is 2.70 bits per heavy atom. The molecule has 0 aliphatic carbocycles. The molecule has 108 valence electrons. The van der Waals surface area contributed by atoms with E-state index in [1.807, 2.05) is 36.4 Å². The number of hydrogen-bond donors (Lipinski definition) is 0. The summed E-state index contributed by atoms with van der Waals surface area (Å²) in [6, 6.07) is 9.61. The first kappa shape index (κ1) is 16.2. The number of carbonyl (C=O) groups excluding carboxylic acids is 1. The standard InChI is InChI=1S/C18H24O2/c1-15(2)13-16(3)9-7-8-12-20-18(19)14-17-10-5-4-6-11-17/h4-6,8,10-12,16H,1,7,9,13-14H2,2-3H3/b12-8+. The first-order valence-corrected chi connectivity index (χ1v) is 7.10. The van der Waals surface area contributed by atoms with Crippen molar-refractivity contribution >= 4 is 5.97 Å². The number of carbonyl (C=O) groups is 1. The maximum Gasteiger partial charge on any atom is 0.315 e. The highest BCUT2D eigenvalue weighted by molar-refractivity contribution is 5.73. The van der Waals surface area contributed by atoms with Gasteiger partial charge in [-0.15, -0.1) is 6.58 Å². The number of hydrogen-bond acceptors (Lipinski definition) is 2. The number of benzene rings is 1. The van der Waals surface area contributed by atoms with Gasteiger partial charge in [-0.05, 0) is 43.7 Å². The van der Waals surface area contributed by atoms with E-state index in [-0.39, 0.29) is 5.97 Å². The fraction of sp³-hybridized carbons (Fsp3) is 0.389.